The van der Waals surface area contributed by atoms with Crippen molar-refractivity contribution in [1.82, 2.24) is 0 Å². The molecule has 2 aromatic rings. The van der Waals surface area contributed by atoms with Crippen LogP contribution >= 0.6 is 0 Å². The molecule has 0 spiro atoms. The van der Waals surface area contributed by atoms with E-state index >= 15 is 0 Å². The highest BCUT2D eigenvalue weighted by atomic mass is 19.1. The first-order valence-corrected chi connectivity index (χ1v) is 7.89. The van der Waals surface area contributed by atoms with Crippen LogP contribution in [0.25, 0.3) is 0 Å². The Balaban J connectivity index is 1.73. The van der Waals surface area contributed by atoms with E-state index in [0.29, 0.717) is 24.3 Å². The van der Waals surface area contributed by atoms with Crippen molar-refractivity contribution in [3.8, 4) is 11.8 Å². The van der Waals surface area contributed by atoms with E-state index in [4.69, 9.17) is 9.47 Å². The zero-order valence-corrected chi connectivity index (χ0v) is 13.6. The zero-order valence-electron chi connectivity index (χ0n) is 13.6. The van der Waals surface area contributed by atoms with Crippen LogP contribution in [-0.4, -0.2) is 13.2 Å². The van der Waals surface area contributed by atoms with Crippen molar-refractivity contribution in [1.29, 1.82) is 0 Å². The summed E-state index contributed by atoms with van der Waals surface area (Å²) in [5.74, 6) is 5.67. The summed E-state index contributed by atoms with van der Waals surface area (Å²) < 4.78 is 25.5. The summed E-state index contributed by atoms with van der Waals surface area (Å²) in [6, 6.07) is 12.7. The Hall–Kier alpha value is -2.41. The minimum Gasteiger partial charge on any atom is -0.348 e. The number of halogens is 1. The highest BCUT2D eigenvalue weighted by Gasteiger charge is 2.22. The Labute approximate surface area is 141 Å². The van der Waals surface area contributed by atoms with Crippen molar-refractivity contribution in [2.24, 2.45) is 5.92 Å². The second-order valence-corrected chi connectivity index (χ2v) is 5.85. The van der Waals surface area contributed by atoms with E-state index in [9.17, 15) is 4.39 Å². The fourth-order valence-electron chi connectivity index (χ4n) is 2.40. The van der Waals surface area contributed by atoms with Crippen LogP contribution in [0.3, 0.4) is 0 Å². The number of aryl methyl sites for hydroxylation is 1. The first-order valence-electron chi connectivity index (χ1n) is 7.89. The van der Waals surface area contributed by atoms with Crippen LogP contribution in [0.15, 0.2) is 55.1 Å². The maximum absolute atomic E-state index is 14.3. The summed E-state index contributed by atoms with van der Waals surface area (Å²) in [6.45, 7) is 6.80. The van der Waals surface area contributed by atoms with Gasteiger partial charge in [-0.3, -0.25) is 0 Å². The van der Waals surface area contributed by atoms with Crippen molar-refractivity contribution in [2.45, 2.75) is 13.2 Å². The van der Waals surface area contributed by atoms with Crippen molar-refractivity contribution in [2.75, 3.05) is 13.2 Å². The Morgan fingerprint density at radius 3 is 2.42 bits per heavy atom. The summed E-state index contributed by atoms with van der Waals surface area (Å²) in [6.07, 6.45) is 1.27. The molecule has 0 aromatic heterocycles. The van der Waals surface area contributed by atoms with Gasteiger partial charge < -0.3 is 9.47 Å². The predicted octanol–water partition coefficient (Wildman–Crippen LogP) is 4.38. The molecule has 0 N–H and O–H groups in total. The van der Waals surface area contributed by atoms with E-state index in [1.165, 1.54) is 11.6 Å². The van der Waals surface area contributed by atoms with Crippen molar-refractivity contribution in [3.63, 3.8) is 0 Å². The smallest absolute Gasteiger partial charge is 0.183 e. The molecule has 1 fully saturated rings. The minimum absolute atomic E-state index is 0.186. The monoisotopic (exact) mass is 322 g/mol. The molecule has 0 atom stereocenters. The summed E-state index contributed by atoms with van der Waals surface area (Å²) in [5, 5.41) is 0. The molecular weight excluding hydrogens is 303 g/mol. The topological polar surface area (TPSA) is 18.5 Å². The number of rotatable bonds is 2. The second kappa shape index (κ2) is 7.44. The summed E-state index contributed by atoms with van der Waals surface area (Å²) in [5.41, 5.74) is 3.05. The second-order valence-electron chi connectivity index (χ2n) is 5.85. The Morgan fingerprint density at radius 1 is 1.08 bits per heavy atom. The molecule has 0 aliphatic carbocycles. The van der Waals surface area contributed by atoms with Crippen LogP contribution in [0.2, 0.25) is 0 Å². The Morgan fingerprint density at radius 2 is 1.79 bits per heavy atom. The van der Waals surface area contributed by atoms with E-state index < -0.39 is 6.29 Å². The molecule has 1 aliphatic heterocycles. The average molecular weight is 322 g/mol. The summed E-state index contributed by atoms with van der Waals surface area (Å²) in [7, 11) is 0. The minimum atomic E-state index is -0.533. The first-order chi connectivity index (χ1) is 11.7. The van der Waals surface area contributed by atoms with Crippen molar-refractivity contribution >= 4 is 0 Å². The Kier molecular flexibility index (Phi) is 5.10. The lowest BCUT2D eigenvalue weighted by Gasteiger charge is -2.28. The van der Waals surface area contributed by atoms with Crippen LogP contribution < -0.4 is 0 Å². The van der Waals surface area contributed by atoms with E-state index in [0.717, 1.165) is 5.56 Å². The lowest BCUT2D eigenvalue weighted by atomic mass is 10.1. The van der Waals surface area contributed by atoms with Crippen LogP contribution in [0.1, 0.15) is 28.5 Å². The fourth-order valence-corrected chi connectivity index (χ4v) is 2.40. The normalized spacial score (nSPS) is 20.1. The predicted molar refractivity (Wildman–Crippen MR) is 91.9 cm³/mol. The molecule has 3 rings (SSSR count). The van der Waals surface area contributed by atoms with Gasteiger partial charge in [-0.25, -0.2) is 4.39 Å². The van der Waals surface area contributed by atoms with Gasteiger partial charge in [0.15, 0.2) is 6.29 Å². The highest BCUT2D eigenvalue weighted by Crippen LogP contribution is 2.26. The van der Waals surface area contributed by atoms with Gasteiger partial charge in [-0.2, -0.15) is 0 Å². The number of hydrogen-bond acceptors (Lipinski definition) is 2. The van der Waals surface area contributed by atoms with Gasteiger partial charge in [-0.15, -0.1) is 6.58 Å². The van der Waals surface area contributed by atoms with E-state index in [-0.39, 0.29) is 11.7 Å². The van der Waals surface area contributed by atoms with Gasteiger partial charge in [0.25, 0.3) is 0 Å². The van der Waals surface area contributed by atoms with Gasteiger partial charge in [-0.1, -0.05) is 41.7 Å². The summed E-state index contributed by atoms with van der Waals surface area (Å²) in [4.78, 5) is 0. The molecule has 0 bridgehead atoms. The molecule has 2 aromatic carbocycles. The van der Waals surface area contributed by atoms with Crippen LogP contribution in [-0.2, 0) is 9.47 Å². The quantitative estimate of drug-likeness (QED) is 0.603. The number of hydrogen-bond donors (Lipinski definition) is 0. The molecule has 1 heterocycles. The van der Waals surface area contributed by atoms with Gasteiger partial charge in [0.05, 0.1) is 18.8 Å². The molecule has 0 saturated carbocycles. The lowest BCUT2D eigenvalue weighted by molar-refractivity contribution is -0.197. The molecule has 3 heteroatoms. The largest absolute Gasteiger partial charge is 0.348 e. The van der Waals surface area contributed by atoms with Crippen molar-refractivity contribution in [3.05, 3.63) is 83.2 Å². The molecule has 24 heavy (non-hydrogen) atoms. The molecule has 0 radical (unpaired) electrons. The SMILES string of the molecule is C=CC1COC(c2ccc(C#Cc3ccc(C)cc3)c(F)c2)OC1. The van der Waals surface area contributed by atoms with Gasteiger partial charge >= 0.3 is 0 Å². The zero-order chi connectivity index (χ0) is 16.9. The van der Waals surface area contributed by atoms with Crippen LogP contribution in [0.4, 0.5) is 4.39 Å². The third kappa shape index (κ3) is 3.91. The molecular formula is C21H19FO2. The van der Waals surface area contributed by atoms with Crippen LogP contribution in [0.5, 0.6) is 0 Å². The molecule has 2 nitrogen and oxygen atoms in total. The standard InChI is InChI=1S/C21H19FO2/c1-3-16-13-23-21(24-14-16)19-11-10-18(20(22)12-19)9-8-17-6-4-15(2)5-7-17/h3-7,10-12,16,21H,1,13-14H2,2H3. The third-order valence-corrected chi connectivity index (χ3v) is 3.92. The molecule has 1 aliphatic rings. The number of benzene rings is 2. The van der Waals surface area contributed by atoms with E-state index in [2.05, 4.69) is 18.4 Å². The number of ether oxygens (including phenoxy) is 2. The van der Waals surface area contributed by atoms with Crippen molar-refractivity contribution < 1.29 is 13.9 Å². The highest BCUT2D eigenvalue weighted by molar-refractivity contribution is 5.44. The van der Waals surface area contributed by atoms with Crippen LogP contribution in [0, 0.1) is 30.5 Å². The van der Waals surface area contributed by atoms with Gasteiger partial charge in [-0.05, 0) is 31.2 Å². The lowest BCUT2D eigenvalue weighted by Crippen LogP contribution is -2.25. The molecule has 1 saturated heterocycles. The molecule has 0 unspecified atom stereocenters. The first kappa shape index (κ1) is 16.4. The third-order valence-electron chi connectivity index (χ3n) is 3.92. The van der Waals surface area contributed by atoms with E-state index in [1.54, 1.807) is 18.2 Å². The average Bonchev–Trinajstić information content (AvgIpc) is 2.62. The van der Waals surface area contributed by atoms with Gasteiger partial charge in [0, 0.05) is 17.0 Å². The molecule has 0 amide bonds. The Bertz CT molecular complexity index is 776. The van der Waals surface area contributed by atoms with Gasteiger partial charge in [0.2, 0.25) is 0 Å². The summed E-state index contributed by atoms with van der Waals surface area (Å²) >= 11 is 0. The maximum atomic E-state index is 14.3. The maximum Gasteiger partial charge on any atom is 0.183 e. The fraction of sp³-hybridized carbons (Fsp3) is 0.238. The molecule has 122 valence electrons. The van der Waals surface area contributed by atoms with E-state index in [1.807, 2.05) is 31.2 Å². The van der Waals surface area contributed by atoms with Gasteiger partial charge in [0.1, 0.15) is 5.82 Å².